The Bertz CT molecular complexity index is 2550. The number of allylic oxidation sites excluding steroid dienone is 2. The molecule has 0 radical (unpaired) electrons. The molecule has 2 saturated heterocycles. The molecule has 3 fully saturated rings. The number of carbonyl (C=O) groups is 4. The molecule has 0 unspecified atom stereocenters. The average molecular weight is 945 g/mol. The molecule has 6 atom stereocenters. The van der Waals surface area contributed by atoms with Gasteiger partial charge in [0.15, 0.2) is 17.2 Å². The van der Waals surface area contributed by atoms with E-state index in [1.165, 1.54) is 26.1 Å². The van der Waals surface area contributed by atoms with Crippen LogP contribution in [0.3, 0.4) is 0 Å². The number of nitro benzene ring substituents is 2. The van der Waals surface area contributed by atoms with E-state index in [-0.39, 0.29) is 40.2 Å². The van der Waals surface area contributed by atoms with Crippen molar-refractivity contribution in [1.29, 1.82) is 0 Å². The van der Waals surface area contributed by atoms with Crippen molar-refractivity contribution in [2.24, 2.45) is 23.7 Å². The van der Waals surface area contributed by atoms with Crippen molar-refractivity contribution in [1.82, 2.24) is 5.01 Å². The number of phenolic OH excluding ortho intramolecular Hbond substituents is 1. The summed E-state index contributed by atoms with van der Waals surface area (Å²) in [5, 5.41) is 36.7. The third-order valence-electron chi connectivity index (χ3n) is 12.3. The van der Waals surface area contributed by atoms with Crippen LogP contribution >= 0.6 is 31.9 Å². The number of anilines is 3. The van der Waals surface area contributed by atoms with E-state index in [2.05, 4.69) is 37.3 Å². The number of hydrazine groups is 1. The van der Waals surface area contributed by atoms with Crippen LogP contribution in [0, 0.1) is 50.8 Å². The van der Waals surface area contributed by atoms with Crippen LogP contribution in [0.25, 0.3) is 0 Å². The number of hydrogen-bond acceptors (Lipinski definition) is 12. The first-order valence-electron chi connectivity index (χ1n) is 18.8. The van der Waals surface area contributed by atoms with E-state index >= 15 is 9.59 Å². The normalized spacial score (nSPS) is 24.4. The molecule has 2 aliphatic carbocycles. The quantitative estimate of drug-likeness (QED) is 0.0734. The smallest absolute Gasteiger partial charge is 0.301 e. The van der Waals surface area contributed by atoms with Gasteiger partial charge in [0.25, 0.3) is 11.8 Å². The zero-order valence-corrected chi connectivity index (χ0v) is 35.6. The number of nitrogens with one attached hydrogen (secondary N) is 1. The Morgan fingerprint density at radius 2 is 1.52 bits per heavy atom. The van der Waals surface area contributed by atoms with Crippen molar-refractivity contribution in [3.05, 3.63) is 130 Å². The first kappa shape index (κ1) is 40.6. The van der Waals surface area contributed by atoms with E-state index in [1.54, 1.807) is 48.5 Å². The molecule has 16 nitrogen and oxygen atoms in total. The van der Waals surface area contributed by atoms with Crippen LogP contribution in [-0.2, 0) is 24.6 Å². The van der Waals surface area contributed by atoms with Gasteiger partial charge in [0.2, 0.25) is 11.8 Å². The zero-order valence-electron chi connectivity index (χ0n) is 32.4. The van der Waals surface area contributed by atoms with Gasteiger partial charge in [-0.25, -0.2) is 4.90 Å². The van der Waals surface area contributed by atoms with Crippen molar-refractivity contribution < 1.29 is 38.9 Å². The Balaban J connectivity index is 1.34. The summed E-state index contributed by atoms with van der Waals surface area (Å²) < 4.78 is 6.16. The minimum absolute atomic E-state index is 0.00501. The molecule has 0 spiro atoms. The third-order valence-corrected chi connectivity index (χ3v) is 14.4. The topological polar surface area (TPSA) is 206 Å². The van der Waals surface area contributed by atoms with E-state index in [9.17, 15) is 34.9 Å². The van der Waals surface area contributed by atoms with Crippen LogP contribution in [0.5, 0.6) is 11.5 Å². The van der Waals surface area contributed by atoms with Crippen molar-refractivity contribution >= 4 is 83.9 Å². The van der Waals surface area contributed by atoms with E-state index < -0.39 is 79.9 Å². The van der Waals surface area contributed by atoms with Crippen LogP contribution < -0.4 is 20.0 Å². The molecule has 4 aromatic carbocycles. The number of rotatable bonds is 9. The molecule has 4 aromatic rings. The highest BCUT2D eigenvalue weighted by atomic mass is 79.9. The van der Waals surface area contributed by atoms with Crippen LogP contribution in [0.15, 0.2) is 93.4 Å². The van der Waals surface area contributed by atoms with Crippen LogP contribution in [-0.4, -0.2) is 64.8 Å². The highest BCUT2D eigenvalue weighted by Gasteiger charge is 2.70. The molecule has 60 heavy (non-hydrogen) atoms. The first-order chi connectivity index (χ1) is 28.5. The summed E-state index contributed by atoms with van der Waals surface area (Å²) in [5.41, 5.74) is 2.39. The molecule has 308 valence electrons. The summed E-state index contributed by atoms with van der Waals surface area (Å²) in [6, 6.07) is 19.6. The lowest BCUT2D eigenvalue weighted by Crippen LogP contribution is -2.53. The molecule has 1 saturated carbocycles. The highest BCUT2D eigenvalue weighted by molar-refractivity contribution is 9.13. The molecule has 2 aliphatic heterocycles. The molecule has 18 heteroatoms. The summed E-state index contributed by atoms with van der Waals surface area (Å²) in [6.07, 6.45) is 1.76. The van der Waals surface area contributed by atoms with Gasteiger partial charge in [0.1, 0.15) is 0 Å². The van der Waals surface area contributed by atoms with Crippen molar-refractivity contribution in [3.63, 3.8) is 0 Å². The van der Waals surface area contributed by atoms with E-state index in [0.717, 1.165) is 27.6 Å². The van der Waals surface area contributed by atoms with Gasteiger partial charge in [-0.15, -0.1) is 0 Å². The lowest BCUT2D eigenvalue weighted by Gasteiger charge is -2.51. The number of ether oxygens (including phenoxy) is 1. The van der Waals surface area contributed by atoms with E-state index in [4.69, 9.17) is 4.74 Å². The third kappa shape index (κ3) is 5.89. The number of phenols is 1. The Morgan fingerprint density at radius 1 is 0.883 bits per heavy atom. The van der Waals surface area contributed by atoms with Gasteiger partial charge in [-0.05, 0) is 86.9 Å². The molecule has 2 heterocycles. The minimum Gasteiger partial charge on any atom is -0.503 e. The van der Waals surface area contributed by atoms with E-state index in [1.807, 2.05) is 25.1 Å². The van der Waals surface area contributed by atoms with Crippen molar-refractivity contribution in [2.45, 2.75) is 31.1 Å². The summed E-state index contributed by atoms with van der Waals surface area (Å²) in [4.78, 5) is 84.8. The molecular weight excluding hydrogens is 908 g/mol. The fourth-order valence-electron chi connectivity index (χ4n) is 9.78. The second-order valence-corrected chi connectivity index (χ2v) is 17.1. The van der Waals surface area contributed by atoms with Crippen molar-refractivity contribution in [2.75, 3.05) is 36.4 Å². The Morgan fingerprint density at radius 3 is 2.10 bits per heavy atom. The molecule has 4 aliphatic rings. The molecular formula is C42H36Br2N6O10. The Labute approximate surface area is 359 Å². The summed E-state index contributed by atoms with van der Waals surface area (Å²) in [7, 11) is 4.19. The Kier molecular flexibility index (Phi) is 10.1. The number of amides is 4. The van der Waals surface area contributed by atoms with Gasteiger partial charge in [-0.2, -0.15) is 5.01 Å². The first-order valence-corrected chi connectivity index (χ1v) is 20.4. The maximum Gasteiger partial charge on any atom is 0.301 e. The van der Waals surface area contributed by atoms with Crippen LogP contribution in [0.1, 0.15) is 35.4 Å². The monoisotopic (exact) mass is 942 g/mol. The number of fused-ring (bicyclic) bond motifs is 4. The van der Waals surface area contributed by atoms with E-state index in [0.29, 0.717) is 26.9 Å². The largest absolute Gasteiger partial charge is 0.503 e. The maximum absolute atomic E-state index is 15.5. The number of methoxy groups -OCH3 is 1. The second-order valence-electron chi connectivity index (χ2n) is 15.5. The van der Waals surface area contributed by atoms with Gasteiger partial charge >= 0.3 is 11.4 Å². The number of imide groups is 2. The number of hydrogen-bond donors (Lipinski definition) is 2. The van der Waals surface area contributed by atoms with Gasteiger partial charge in [0, 0.05) is 36.6 Å². The van der Waals surface area contributed by atoms with Gasteiger partial charge in [0.05, 0.1) is 56.0 Å². The SMILES string of the molecule is COc1cc([C@H]2C3=CC[C@@H]4C(=O)N(c5cc([N+](=O)[O-])c(N(C)C)c([N+](=O)[O-])c5)C(=O)[C@@H]4[C@@H]3C[C@H]3C(=O)N(Nc4ccc(C)cc4)C(=O)[C@@]23c2ccccc2)c(Br)c(Br)c1O. The molecule has 2 N–H and O–H groups in total. The zero-order chi connectivity index (χ0) is 43.1. The predicted molar refractivity (Wildman–Crippen MR) is 225 cm³/mol. The van der Waals surface area contributed by atoms with Crippen molar-refractivity contribution in [3.8, 4) is 11.5 Å². The number of nitrogens with zero attached hydrogens (tertiary/aromatic N) is 5. The second kappa shape index (κ2) is 14.8. The maximum atomic E-state index is 15.5. The van der Waals surface area contributed by atoms with Gasteiger partial charge < -0.3 is 14.7 Å². The number of halogens is 2. The predicted octanol–water partition coefficient (Wildman–Crippen LogP) is 7.31. The molecule has 4 amide bonds. The number of benzene rings is 4. The minimum atomic E-state index is -1.65. The molecule has 0 bridgehead atoms. The van der Waals surface area contributed by atoms with Crippen LogP contribution in [0.4, 0.5) is 28.4 Å². The highest BCUT2D eigenvalue weighted by Crippen LogP contribution is 2.66. The van der Waals surface area contributed by atoms with Gasteiger partial charge in [-0.1, -0.05) is 59.7 Å². The molecule has 8 rings (SSSR count). The lowest BCUT2D eigenvalue weighted by molar-refractivity contribution is -0.392. The summed E-state index contributed by atoms with van der Waals surface area (Å²) in [6.45, 7) is 1.90. The fraction of sp³-hybridized carbons (Fsp3) is 0.286. The number of aromatic hydroxyl groups is 1. The lowest BCUT2D eigenvalue weighted by atomic mass is 9.49. The van der Waals surface area contributed by atoms with Crippen LogP contribution in [0.2, 0.25) is 0 Å². The fourth-order valence-corrected chi connectivity index (χ4v) is 10.7. The number of nitro groups is 2. The number of carbonyl (C=O) groups excluding carboxylic acids is 4. The Hall–Kier alpha value is -6.14. The van der Waals surface area contributed by atoms with Gasteiger partial charge in [-0.3, -0.25) is 44.8 Å². The average Bonchev–Trinajstić information content (AvgIpc) is 3.61. The number of aryl methyl sites for hydroxylation is 1. The standard InChI is InChI=1S/C42H36Br2N6O10/c1-20-10-12-22(13-11-20)45-48-39(53)28-18-26-24(33(27-19-31(60-4)37(51)35(44)34(27)43)42(28,41(48)55)21-8-6-5-7-9-21)14-15-25-32(26)40(54)47(38(25)52)23-16-29(49(56)57)36(46(2)3)30(17-23)50(58)59/h5-14,16-17,19,25-26,28,32-33,45,51H,15,18H2,1-4H3/t25-,26+,28-,32-,33+,42+/m0/s1. The molecule has 0 aromatic heterocycles. The summed E-state index contributed by atoms with van der Waals surface area (Å²) in [5.74, 6) is -7.86. The summed E-state index contributed by atoms with van der Waals surface area (Å²) >= 11 is 7.14.